The van der Waals surface area contributed by atoms with Crippen LogP contribution in [0.15, 0.2) is 0 Å². The van der Waals surface area contributed by atoms with Gasteiger partial charge in [0.15, 0.2) is 0 Å². The summed E-state index contributed by atoms with van der Waals surface area (Å²) >= 11 is 0. The molecule has 2 atom stereocenters. The van der Waals surface area contributed by atoms with Gasteiger partial charge in [0.2, 0.25) is 0 Å². The molecule has 2 unspecified atom stereocenters. The average molecular weight is 278 g/mol. The van der Waals surface area contributed by atoms with Crippen molar-refractivity contribution in [1.29, 1.82) is 0 Å². The average Bonchev–Trinajstić information content (AvgIpc) is 2.48. The maximum atomic E-state index is 3.60. The molecule has 1 spiro atoms. The Hall–Kier alpha value is -0.0800. The minimum atomic E-state index is 0.746. The number of hydrogen-bond donors (Lipinski definition) is 1. The summed E-state index contributed by atoms with van der Waals surface area (Å²) in [4.78, 5) is 2.91. The summed E-state index contributed by atoms with van der Waals surface area (Å²) in [5, 5.41) is 3.60. The molecule has 0 bridgehead atoms. The SMILES string of the molecule is CCCN(CC1CCCNC1)C1CCC12CCCCC2. The van der Waals surface area contributed by atoms with E-state index < -0.39 is 0 Å². The maximum Gasteiger partial charge on any atom is 0.0152 e. The first-order valence-corrected chi connectivity index (χ1v) is 9.29. The third kappa shape index (κ3) is 3.06. The molecule has 1 aliphatic heterocycles. The second-order valence-electron chi connectivity index (χ2n) is 7.68. The normalized spacial score (nSPS) is 33.3. The van der Waals surface area contributed by atoms with Crippen LogP contribution in [-0.4, -0.2) is 37.1 Å². The zero-order valence-electron chi connectivity index (χ0n) is 13.5. The van der Waals surface area contributed by atoms with E-state index in [0.717, 1.165) is 17.4 Å². The summed E-state index contributed by atoms with van der Waals surface area (Å²) in [5.74, 6) is 0.913. The van der Waals surface area contributed by atoms with Gasteiger partial charge in [-0.2, -0.15) is 0 Å². The van der Waals surface area contributed by atoms with E-state index in [-0.39, 0.29) is 0 Å². The third-order valence-corrected chi connectivity index (χ3v) is 6.32. The fourth-order valence-electron chi connectivity index (χ4n) is 5.16. The summed E-state index contributed by atoms with van der Waals surface area (Å²) in [6, 6.07) is 0.935. The van der Waals surface area contributed by atoms with E-state index in [1.54, 1.807) is 0 Å². The molecule has 0 aromatic heterocycles. The smallest absolute Gasteiger partial charge is 0.0152 e. The second kappa shape index (κ2) is 6.79. The van der Waals surface area contributed by atoms with Crippen molar-refractivity contribution in [3.63, 3.8) is 0 Å². The van der Waals surface area contributed by atoms with E-state index >= 15 is 0 Å². The Morgan fingerprint density at radius 1 is 1.05 bits per heavy atom. The van der Waals surface area contributed by atoms with Crippen LogP contribution in [0.4, 0.5) is 0 Å². The van der Waals surface area contributed by atoms with Crippen LogP contribution < -0.4 is 5.32 Å². The quantitative estimate of drug-likeness (QED) is 0.822. The molecular formula is C18H34N2. The van der Waals surface area contributed by atoms with Crippen molar-refractivity contribution in [2.24, 2.45) is 11.3 Å². The van der Waals surface area contributed by atoms with E-state index in [1.807, 2.05) is 0 Å². The molecule has 1 saturated heterocycles. The van der Waals surface area contributed by atoms with Crippen LogP contribution in [0.25, 0.3) is 0 Å². The van der Waals surface area contributed by atoms with Crippen LogP contribution in [0, 0.1) is 11.3 Å². The predicted molar refractivity (Wildman–Crippen MR) is 86.0 cm³/mol. The van der Waals surface area contributed by atoms with Gasteiger partial charge < -0.3 is 5.32 Å². The van der Waals surface area contributed by atoms with E-state index in [9.17, 15) is 0 Å². The van der Waals surface area contributed by atoms with Crippen LogP contribution in [0.1, 0.15) is 71.1 Å². The summed E-state index contributed by atoms with van der Waals surface area (Å²) in [6.07, 6.45) is 14.7. The van der Waals surface area contributed by atoms with Crippen LogP contribution in [0.5, 0.6) is 0 Å². The number of piperidine rings is 1. The summed E-state index contributed by atoms with van der Waals surface area (Å²) in [7, 11) is 0. The maximum absolute atomic E-state index is 3.60. The van der Waals surface area contributed by atoms with Crippen LogP contribution >= 0.6 is 0 Å². The van der Waals surface area contributed by atoms with Gasteiger partial charge in [0.05, 0.1) is 0 Å². The van der Waals surface area contributed by atoms with Crippen molar-refractivity contribution in [3.8, 4) is 0 Å². The summed E-state index contributed by atoms with van der Waals surface area (Å²) in [5.41, 5.74) is 0.746. The fourth-order valence-corrected chi connectivity index (χ4v) is 5.16. The molecule has 0 aromatic rings. The van der Waals surface area contributed by atoms with E-state index in [1.165, 1.54) is 90.4 Å². The zero-order valence-corrected chi connectivity index (χ0v) is 13.5. The van der Waals surface area contributed by atoms with Gasteiger partial charge in [0.25, 0.3) is 0 Å². The van der Waals surface area contributed by atoms with Gasteiger partial charge in [0, 0.05) is 12.6 Å². The molecular weight excluding hydrogens is 244 g/mol. The number of hydrogen-bond acceptors (Lipinski definition) is 2. The molecule has 116 valence electrons. The summed E-state index contributed by atoms with van der Waals surface area (Å²) in [6.45, 7) is 7.58. The van der Waals surface area contributed by atoms with Crippen molar-refractivity contribution >= 4 is 0 Å². The van der Waals surface area contributed by atoms with Crippen molar-refractivity contribution in [2.45, 2.75) is 77.2 Å². The molecule has 1 heterocycles. The van der Waals surface area contributed by atoms with Crippen molar-refractivity contribution < 1.29 is 0 Å². The monoisotopic (exact) mass is 278 g/mol. The summed E-state index contributed by atoms with van der Waals surface area (Å²) < 4.78 is 0. The minimum Gasteiger partial charge on any atom is -0.316 e. The first-order chi connectivity index (χ1) is 9.84. The molecule has 0 aromatic carbocycles. The Morgan fingerprint density at radius 3 is 2.50 bits per heavy atom. The lowest BCUT2D eigenvalue weighted by Crippen LogP contribution is -2.57. The highest BCUT2D eigenvalue weighted by Crippen LogP contribution is 2.54. The van der Waals surface area contributed by atoms with Crippen molar-refractivity contribution in [2.75, 3.05) is 26.2 Å². The topological polar surface area (TPSA) is 15.3 Å². The lowest BCUT2D eigenvalue weighted by Gasteiger charge is -2.57. The second-order valence-corrected chi connectivity index (χ2v) is 7.68. The Bertz CT molecular complexity index is 290. The van der Waals surface area contributed by atoms with E-state index in [0.29, 0.717) is 0 Å². The third-order valence-electron chi connectivity index (χ3n) is 6.32. The molecule has 2 aliphatic carbocycles. The van der Waals surface area contributed by atoms with Gasteiger partial charge in [-0.1, -0.05) is 26.2 Å². The highest BCUT2D eigenvalue weighted by molar-refractivity contribution is 5.03. The van der Waals surface area contributed by atoms with Crippen molar-refractivity contribution in [1.82, 2.24) is 10.2 Å². The number of nitrogens with one attached hydrogen (secondary N) is 1. The van der Waals surface area contributed by atoms with Gasteiger partial charge in [-0.05, 0) is 75.9 Å². The Morgan fingerprint density at radius 2 is 1.90 bits per heavy atom. The highest BCUT2D eigenvalue weighted by atomic mass is 15.2. The lowest BCUT2D eigenvalue weighted by molar-refractivity contribution is -0.0592. The fraction of sp³-hybridized carbons (Fsp3) is 1.00. The van der Waals surface area contributed by atoms with E-state index in [4.69, 9.17) is 0 Å². The Labute approximate surface area is 125 Å². The van der Waals surface area contributed by atoms with Gasteiger partial charge >= 0.3 is 0 Å². The van der Waals surface area contributed by atoms with Crippen LogP contribution in [-0.2, 0) is 0 Å². The molecule has 20 heavy (non-hydrogen) atoms. The molecule has 2 nitrogen and oxygen atoms in total. The molecule has 3 rings (SSSR count). The van der Waals surface area contributed by atoms with Gasteiger partial charge in [0.1, 0.15) is 0 Å². The van der Waals surface area contributed by atoms with Crippen molar-refractivity contribution in [3.05, 3.63) is 0 Å². The molecule has 0 amide bonds. The number of rotatable bonds is 5. The number of nitrogens with zero attached hydrogens (tertiary/aromatic N) is 1. The van der Waals surface area contributed by atoms with Crippen LogP contribution in [0.3, 0.4) is 0 Å². The molecule has 3 aliphatic rings. The molecule has 2 saturated carbocycles. The first-order valence-electron chi connectivity index (χ1n) is 9.29. The minimum absolute atomic E-state index is 0.746. The molecule has 3 fully saturated rings. The predicted octanol–water partition coefficient (Wildman–Crippen LogP) is 3.81. The zero-order chi connectivity index (χ0) is 13.8. The van der Waals surface area contributed by atoms with Gasteiger partial charge in [-0.3, -0.25) is 4.90 Å². The largest absolute Gasteiger partial charge is 0.316 e. The molecule has 2 heteroatoms. The Kier molecular flexibility index (Phi) is 5.04. The molecule has 1 N–H and O–H groups in total. The van der Waals surface area contributed by atoms with E-state index in [2.05, 4.69) is 17.1 Å². The van der Waals surface area contributed by atoms with Crippen LogP contribution in [0.2, 0.25) is 0 Å². The highest BCUT2D eigenvalue weighted by Gasteiger charge is 2.49. The lowest BCUT2D eigenvalue weighted by atomic mass is 9.56. The van der Waals surface area contributed by atoms with Gasteiger partial charge in [-0.15, -0.1) is 0 Å². The Balaban J connectivity index is 1.60. The molecule has 0 radical (unpaired) electrons. The first kappa shape index (κ1) is 14.8. The van der Waals surface area contributed by atoms with Gasteiger partial charge in [-0.25, -0.2) is 0 Å². The standard InChI is InChI=1S/C18H34N2/c1-2-13-20(15-16-7-6-12-19-14-16)17-8-11-18(17)9-4-3-5-10-18/h16-17,19H,2-15H2,1H3.